The van der Waals surface area contributed by atoms with Crippen LogP contribution in [-0.4, -0.2) is 45.8 Å². The minimum absolute atomic E-state index is 0.0880. The lowest BCUT2D eigenvalue weighted by molar-refractivity contribution is -0.145. The van der Waals surface area contributed by atoms with Crippen molar-refractivity contribution in [1.82, 2.24) is 15.0 Å². The van der Waals surface area contributed by atoms with E-state index < -0.39 is 11.7 Å². The van der Waals surface area contributed by atoms with Crippen molar-refractivity contribution in [2.75, 3.05) is 13.2 Å². The number of fused-ring (bicyclic) bond motifs is 1. The minimum Gasteiger partial charge on any atom is -0.374 e. The number of nitrogens with zero attached hydrogens (tertiary/aromatic N) is 2. The molecule has 0 spiro atoms. The molecule has 0 unspecified atom stereocenters. The molecule has 0 radical (unpaired) electrons. The van der Waals surface area contributed by atoms with Crippen molar-refractivity contribution in [3.63, 3.8) is 0 Å². The number of halogens is 1. The molecule has 9 heteroatoms. The van der Waals surface area contributed by atoms with Crippen LogP contribution in [0, 0.1) is 5.82 Å². The van der Waals surface area contributed by atoms with E-state index in [1.165, 1.54) is 12.1 Å². The fourth-order valence-electron chi connectivity index (χ4n) is 3.62. The molecule has 2 N–H and O–H groups in total. The number of ether oxygens (including phenoxy) is 3. The summed E-state index contributed by atoms with van der Waals surface area (Å²) >= 11 is 0. The first-order valence-corrected chi connectivity index (χ1v) is 9.91. The van der Waals surface area contributed by atoms with Gasteiger partial charge in [-0.25, -0.2) is 14.9 Å². The van der Waals surface area contributed by atoms with Crippen molar-refractivity contribution in [3.05, 3.63) is 65.4 Å². The zero-order valence-corrected chi connectivity index (χ0v) is 17.3. The molecule has 1 aromatic carbocycles. The molecule has 1 aliphatic heterocycles. The van der Waals surface area contributed by atoms with E-state index in [4.69, 9.17) is 19.4 Å². The van der Waals surface area contributed by atoms with Crippen LogP contribution in [0.15, 0.2) is 42.7 Å². The quantitative estimate of drug-likeness (QED) is 0.443. The molecule has 31 heavy (non-hydrogen) atoms. The van der Waals surface area contributed by atoms with Crippen molar-refractivity contribution in [3.8, 4) is 0 Å². The highest BCUT2D eigenvalue weighted by atomic mass is 19.1. The van der Waals surface area contributed by atoms with Gasteiger partial charge >= 0.3 is 0 Å². The highest BCUT2D eigenvalue weighted by Crippen LogP contribution is 2.25. The van der Waals surface area contributed by atoms with Crippen molar-refractivity contribution in [2.24, 2.45) is 0 Å². The van der Waals surface area contributed by atoms with Gasteiger partial charge in [-0.15, -0.1) is 0 Å². The van der Waals surface area contributed by atoms with Gasteiger partial charge in [0, 0.05) is 23.7 Å². The van der Waals surface area contributed by atoms with E-state index >= 15 is 0 Å². The molecule has 0 saturated carbocycles. The van der Waals surface area contributed by atoms with E-state index in [-0.39, 0.29) is 24.2 Å². The van der Waals surface area contributed by atoms with E-state index in [0.717, 1.165) is 22.0 Å². The summed E-state index contributed by atoms with van der Waals surface area (Å²) in [6.45, 7) is 5.33. The fraction of sp³-hybridized carbons (Fsp3) is 0.364. The maximum atomic E-state index is 13.2. The summed E-state index contributed by atoms with van der Waals surface area (Å²) in [7, 11) is 0. The third-order valence-electron chi connectivity index (χ3n) is 5.08. The first-order chi connectivity index (χ1) is 14.8. The largest absolute Gasteiger partial charge is 0.374 e. The number of rotatable bonds is 7. The Morgan fingerprint density at radius 2 is 2.16 bits per heavy atom. The lowest BCUT2D eigenvalue weighted by Gasteiger charge is -2.17. The second-order valence-corrected chi connectivity index (χ2v) is 7.90. The van der Waals surface area contributed by atoms with Gasteiger partial charge in [-0.3, -0.25) is 10.0 Å². The number of benzene rings is 1. The standard InChI is InChI=1S/C22H24FN3O5/c1-22(2)30-13-17(31-22)12-29-11-15-10-26(9-14-3-5-16(23)6-4-14)20-8-24-19(7-18(15)20)21(27)25-28/h3-8,10,17,28H,9,11-13H2,1-2H3,(H,25,27)/t17-/m0/s1. The third kappa shape index (κ3) is 4.91. The normalized spacial score (nSPS) is 17.9. The summed E-state index contributed by atoms with van der Waals surface area (Å²) in [5.74, 6) is -1.60. The molecule has 2 aromatic heterocycles. The molecule has 0 aliphatic carbocycles. The van der Waals surface area contributed by atoms with Gasteiger partial charge in [0.2, 0.25) is 0 Å². The Balaban J connectivity index is 1.57. The smallest absolute Gasteiger partial charge is 0.293 e. The molecule has 1 amide bonds. The first-order valence-electron chi connectivity index (χ1n) is 9.91. The number of aromatic nitrogens is 2. The fourth-order valence-corrected chi connectivity index (χ4v) is 3.62. The van der Waals surface area contributed by atoms with Crippen LogP contribution in [-0.2, 0) is 27.4 Å². The molecule has 1 atom stereocenters. The van der Waals surface area contributed by atoms with E-state index in [1.807, 2.05) is 24.6 Å². The monoisotopic (exact) mass is 429 g/mol. The lowest BCUT2D eigenvalue weighted by atomic mass is 10.2. The zero-order chi connectivity index (χ0) is 22.0. The third-order valence-corrected chi connectivity index (χ3v) is 5.08. The van der Waals surface area contributed by atoms with Crippen molar-refractivity contribution in [2.45, 2.75) is 38.9 Å². The first kappa shape index (κ1) is 21.4. The Morgan fingerprint density at radius 3 is 2.84 bits per heavy atom. The number of carbonyl (C=O) groups excluding carboxylic acids is 1. The van der Waals surface area contributed by atoms with Crippen LogP contribution in [0.1, 0.15) is 35.5 Å². The van der Waals surface area contributed by atoms with E-state index in [1.54, 1.807) is 29.9 Å². The summed E-state index contributed by atoms with van der Waals surface area (Å²) in [5, 5.41) is 9.71. The van der Waals surface area contributed by atoms with Gasteiger partial charge < -0.3 is 18.8 Å². The molecular formula is C22H24FN3O5. The summed E-state index contributed by atoms with van der Waals surface area (Å²) in [6, 6.07) is 7.88. The Labute approximate surface area is 178 Å². The summed E-state index contributed by atoms with van der Waals surface area (Å²) in [4.78, 5) is 16.0. The lowest BCUT2D eigenvalue weighted by Crippen LogP contribution is -2.24. The molecular weight excluding hydrogens is 405 g/mol. The van der Waals surface area contributed by atoms with Gasteiger partial charge in [0.05, 0.1) is 31.5 Å². The average Bonchev–Trinajstić information content (AvgIpc) is 3.28. The van der Waals surface area contributed by atoms with Crippen LogP contribution in [0.25, 0.3) is 10.9 Å². The maximum absolute atomic E-state index is 13.2. The van der Waals surface area contributed by atoms with Crippen LogP contribution < -0.4 is 5.48 Å². The molecule has 4 rings (SSSR count). The molecule has 1 fully saturated rings. The molecule has 3 heterocycles. The summed E-state index contributed by atoms with van der Waals surface area (Å²) in [6.07, 6.45) is 3.34. The van der Waals surface area contributed by atoms with Gasteiger partial charge in [0.25, 0.3) is 5.91 Å². The maximum Gasteiger partial charge on any atom is 0.293 e. The molecule has 164 valence electrons. The number of hydroxylamine groups is 1. The van der Waals surface area contributed by atoms with Crippen LogP contribution >= 0.6 is 0 Å². The van der Waals surface area contributed by atoms with Crippen molar-refractivity contribution >= 4 is 16.8 Å². The minimum atomic E-state index is -0.696. The second kappa shape index (κ2) is 8.72. The predicted molar refractivity (Wildman–Crippen MR) is 109 cm³/mol. The summed E-state index contributed by atoms with van der Waals surface area (Å²) < 4.78 is 32.4. The predicted octanol–water partition coefficient (Wildman–Crippen LogP) is 3.01. The van der Waals surface area contributed by atoms with Gasteiger partial charge in [0.1, 0.15) is 17.6 Å². The van der Waals surface area contributed by atoms with E-state index in [9.17, 15) is 9.18 Å². The Bertz CT molecular complexity index is 1080. The van der Waals surface area contributed by atoms with Gasteiger partial charge in [-0.2, -0.15) is 0 Å². The molecule has 3 aromatic rings. The highest BCUT2D eigenvalue weighted by Gasteiger charge is 2.32. The van der Waals surface area contributed by atoms with Crippen LogP contribution in [0.4, 0.5) is 4.39 Å². The summed E-state index contributed by atoms with van der Waals surface area (Å²) in [5.41, 5.74) is 4.25. The van der Waals surface area contributed by atoms with Crippen molar-refractivity contribution < 1.29 is 28.6 Å². The van der Waals surface area contributed by atoms with Crippen LogP contribution in [0.5, 0.6) is 0 Å². The van der Waals surface area contributed by atoms with Crippen LogP contribution in [0.3, 0.4) is 0 Å². The van der Waals surface area contributed by atoms with E-state index in [2.05, 4.69) is 4.98 Å². The number of hydrogen-bond acceptors (Lipinski definition) is 6. The van der Waals surface area contributed by atoms with Gasteiger partial charge in [0.15, 0.2) is 5.79 Å². The second-order valence-electron chi connectivity index (χ2n) is 7.90. The number of hydrogen-bond donors (Lipinski definition) is 2. The van der Waals surface area contributed by atoms with E-state index in [0.29, 0.717) is 19.8 Å². The Morgan fingerprint density at radius 1 is 1.39 bits per heavy atom. The molecule has 1 aliphatic rings. The Hall–Kier alpha value is -2.85. The Kier molecular flexibility index (Phi) is 6.01. The number of amides is 1. The molecule has 0 bridgehead atoms. The number of nitrogens with one attached hydrogen (secondary N) is 1. The SMILES string of the molecule is CC1(C)OC[C@H](COCc2cn(Cc3ccc(F)cc3)c3cnc(C(=O)NO)cc23)O1. The van der Waals surface area contributed by atoms with Gasteiger partial charge in [-0.05, 0) is 37.6 Å². The van der Waals surface area contributed by atoms with Gasteiger partial charge in [-0.1, -0.05) is 12.1 Å². The average molecular weight is 429 g/mol. The zero-order valence-electron chi connectivity index (χ0n) is 17.3. The highest BCUT2D eigenvalue weighted by molar-refractivity contribution is 5.96. The van der Waals surface area contributed by atoms with Crippen LogP contribution in [0.2, 0.25) is 0 Å². The number of carbonyl (C=O) groups is 1. The number of pyridine rings is 1. The topological polar surface area (TPSA) is 94.8 Å². The molecule has 8 nitrogen and oxygen atoms in total. The van der Waals surface area contributed by atoms with Crippen molar-refractivity contribution in [1.29, 1.82) is 0 Å². The molecule has 1 saturated heterocycles.